The molecule has 0 saturated carbocycles. The molecule has 4 N–H and O–H groups in total. The molecule has 80 valence electrons. The maximum absolute atomic E-state index is 11.1. The first kappa shape index (κ1) is 12.6. The van der Waals surface area contributed by atoms with Gasteiger partial charge in [-0.2, -0.15) is 0 Å². The van der Waals surface area contributed by atoms with Crippen molar-refractivity contribution in [3.63, 3.8) is 0 Å². The van der Waals surface area contributed by atoms with E-state index in [9.17, 15) is 9.59 Å². The number of nitrogens with two attached hydrogens (primary N) is 1. The molecule has 5 heteroatoms. The third-order valence-corrected chi connectivity index (χ3v) is 2.09. The number of amides is 2. The number of hydrazine groups is 1. The maximum atomic E-state index is 11.1. The zero-order valence-corrected chi connectivity index (χ0v) is 8.54. The molecule has 0 bridgehead atoms. The van der Waals surface area contributed by atoms with Crippen LogP contribution in [0, 0.1) is 5.92 Å². The van der Waals surface area contributed by atoms with Crippen molar-refractivity contribution in [1.29, 1.82) is 0 Å². The van der Waals surface area contributed by atoms with Gasteiger partial charge in [0.2, 0.25) is 0 Å². The smallest absolute Gasteiger partial charge is 0.323 e. The van der Waals surface area contributed by atoms with Gasteiger partial charge in [-0.25, -0.2) is 5.84 Å². The molecule has 0 aromatic heterocycles. The van der Waals surface area contributed by atoms with Crippen LogP contribution in [0.4, 0.5) is 0 Å². The van der Waals surface area contributed by atoms with Crippen LogP contribution in [0.2, 0.25) is 0 Å². The molecular formula is C9H17N3O2. The van der Waals surface area contributed by atoms with Gasteiger partial charge < -0.3 is 5.32 Å². The second-order valence-corrected chi connectivity index (χ2v) is 3.24. The van der Waals surface area contributed by atoms with E-state index in [1.165, 1.54) is 0 Å². The minimum absolute atomic E-state index is 0.0854. The summed E-state index contributed by atoms with van der Waals surface area (Å²) in [5, 5.41) is 2.54. The van der Waals surface area contributed by atoms with Crippen molar-refractivity contribution in [2.75, 3.05) is 0 Å². The predicted octanol–water partition coefficient (Wildman–Crippen LogP) is -0.307. The summed E-state index contributed by atoms with van der Waals surface area (Å²) in [6.07, 6.45) is 2.56. The molecule has 0 aromatic carbocycles. The molecule has 0 saturated heterocycles. The van der Waals surface area contributed by atoms with Crippen LogP contribution in [0.1, 0.15) is 20.3 Å². The second kappa shape index (κ2) is 6.15. The number of nitrogens with one attached hydrogen (secondary N) is 2. The van der Waals surface area contributed by atoms with Crippen molar-refractivity contribution in [3.8, 4) is 0 Å². The average Bonchev–Trinajstić information content (AvgIpc) is 2.16. The summed E-state index contributed by atoms with van der Waals surface area (Å²) in [5.74, 6) is 3.50. The van der Waals surface area contributed by atoms with Gasteiger partial charge in [0.05, 0.1) is 0 Å². The number of rotatable bonds is 4. The second-order valence-electron chi connectivity index (χ2n) is 3.24. The Morgan fingerprint density at radius 3 is 2.43 bits per heavy atom. The fraction of sp³-hybridized carbons (Fsp3) is 0.556. The van der Waals surface area contributed by atoms with Crippen LogP contribution in [0.25, 0.3) is 0 Å². The maximum Gasteiger partial charge on any atom is 0.323 e. The summed E-state index contributed by atoms with van der Waals surface area (Å²) >= 11 is 0. The Bertz CT molecular complexity index is 228. The number of carbonyl (C=O) groups excluding carboxylic acids is 2. The highest BCUT2D eigenvalue weighted by atomic mass is 16.2. The molecule has 0 aliphatic heterocycles. The van der Waals surface area contributed by atoms with Crippen LogP contribution in [-0.4, -0.2) is 17.9 Å². The van der Waals surface area contributed by atoms with E-state index in [4.69, 9.17) is 5.84 Å². The van der Waals surface area contributed by atoms with E-state index in [-0.39, 0.29) is 12.0 Å². The minimum Gasteiger partial charge on any atom is -0.345 e. The summed E-state index contributed by atoms with van der Waals surface area (Å²) in [5.41, 5.74) is 1.77. The van der Waals surface area contributed by atoms with Gasteiger partial charge in [0.25, 0.3) is 0 Å². The van der Waals surface area contributed by atoms with E-state index < -0.39 is 11.8 Å². The Labute approximate surface area is 83.7 Å². The standard InChI is InChI=1S/C9H17N3O2/c1-4-5-6(2)7(3)11-8(13)9(14)12-10/h4,6-7H,1,5,10H2,2-3H3,(H,11,13)(H,12,14)/t6?,7-/m0/s1. The number of hydrogen-bond donors (Lipinski definition) is 3. The van der Waals surface area contributed by atoms with Crippen LogP contribution < -0.4 is 16.6 Å². The van der Waals surface area contributed by atoms with E-state index in [1.54, 1.807) is 11.5 Å². The van der Waals surface area contributed by atoms with E-state index in [1.807, 2.05) is 13.8 Å². The molecule has 14 heavy (non-hydrogen) atoms. The number of allylic oxidation sites excluding steroid dienone is 1. The van der Waals surface area contributed by atoms with Crippen molar-refractivity contribution >= 4 is 11.8 Å². The Kier molecular flexibility index (Phi) is 5.55. The lowest BCUT2D eigenvalue weighted by molar-refractivity contribution is -0.139. The SMILES string of the molecule is C=CCC(C)[C@H](C)NC(=O)C(=O)NN. The van der Waals surface area contributed by atoms with Gasteiger partial charge in [-0.15, -0.1) is 6.58 Å². The van der Waals surface area contributed by atoms with Crippen LogP contribution in [0.3, 0.4) is 0 Å². The lowest BCUT2D eigenvalue weighted by Gasteiger charge is -2.19. The van der Waals surface area contributed by atoms with Crippen molar-refractivity contribution < 1.29 is 9.59 Å². The molecule has 5 nitrogen and oxygen atoms in total. The highest BCUT2D eigenvalue weighted by Gasteiger charge is 2.17. The van der Waals surface area contributed by atoms with Crippen LogP contribution in [0.15, 0.2) is 12.7 Å². The van der Waals surface area contributed by atoms with Gasteiger partial charge in [-0.05, 0) is 19.3 Å². The van der Waals surface area contributed by atoms with Crippen molar-refractivity contribution in [2.24, 2.45) is 11.8 Å². The van der Waals surface area contributed by atoms with Gasteiger partial charge >= 0.3 is 11.8 Å². The quantitative estimate of drug-likeness (QED) is 0.191. The molecule has 0 aliphatic rings. The Morgan fingerprint density at radius 2 is 2.00 bits per heavy atom. The molecule has 0 spiro atoms. The van der Waals surface area contributed by atoms with Crippen LogP contribution >= 0.6 is 0 Å². The summed E-state index contributed by atoms with van der Waals surface area (Å²) in [7, 11) is 0. The first-order chi connectivity index (χ1) is 6.52. The van der Waals surface area contributed by atoms with Crippen LogP contribution in [0.5, 0.6) is 0 Å². The average molecular weight is 199 g/mol. The highest BCUT2D eigenvalue weighted by molar-refractivity contribution is 6.34. The lowest BCUT2D eigenvalue weighted by atomic mass is 10.00. The summed E-state index contributed by atoms with van der Waals surface area (Å²) in [6.45, 7) is 7.40. The molecular weight excluding hydrogens is 182 g/mol. The largest absolute Gasteiger partial charge is 0.345 e. The van der Waals surface area contributed by atoms with E-state index >= 15 is 0 Å². The van der Waals surface area contributed by atoms with Crippen molar-refractivity contribution in [3.05, 3.63) is 12.7 Å². The molecule has 1 unspecified atom stereocenters. The predicted molar refractivity (Wildman–Crippen MR) is 53.9 cm³/mol. The molecule has 0 fully saturated rings. The monoisotopic (exact) mass is 199 g/mol. The molecule has 0 heterocycles. The molecule has 0 aliphatic carbocycles. The molecule has 0 radical (unpaired) electrons. The molecule has 2 amide bonds. The molecule has 2 atom stereocenters. The van der Waals surface area contributed by atoms with Crippen molar-refractivity contribution in [1.82, 2.24) is 10.7 Å². The molecule has 0 aromatic rings. The lowest BCUT2D eigenvalue weighted by Crippen LogP contribution is -2.47. The third kappa shape index (κ3) is 4.04. The first-order valence-electron chi connectivity index (χ1n) is 4.45. The van der Waals surface area contributed by atoms with Crippen molar-refractivity contribution in [2.45, 2.75) is 26.3 Å². The van der Waals surface area contributed by atoms with Gasteiger partial charge in [0.1, 0.15) is 0 Å². The van der Waals surface area contributed by atoms with E-state index in [0.29, 0.717) is 0 Å². The summed E-state index contributed by atoms with van der Waals surface area (Å²) in [6, 6.07) is -0.0854. The fourth-order valence-electron chi connectivity index (χ4n) is 0.947. The van der Waals surface area contributed by atoms with Gasteiger partial charge in [0.15, 0.2) is 0 Å². The Morgan fingerprint density at radius 1 is 1.43 bits per heavy atom. The number of carbonyl (C=O) groups is 2. The summed E-state index contributed by atoms with van der Waals surface area (Å²) < 4.78 is 0. The van der Waals surface area contributed by atoms with Gasteiger partial charge in [-0.1, -0.05) is 13.0 Å². The van der Waals surface area contributed by atoms with Crippen LogP contribution in [-0.2, 0) is 9.59 Å². The zero-order valence-electron chi connectivity index (χ0n) is 8.54. The van der Waals surface area contributed by atoms with E-state index in [2.05, 4.69) is 11.9 Å². The van der Waals surface area contributed by atoms with E-state index in [0.717, 1.165) is 6.42 Å². The van der Waals surface area contributed by atoms with Gasteiger partial charge in [-0.3, -0.25) is 15.0 Å². The first-order valence-corrected chi connectivity index (χ1v) is 4.45. The minimum atomic E-state index is -0.831. The Hall–Kier alpha value is -1.36. The highest BCUT2D eigenvalue weighted by Crippen LogP contribution is 2.07. The topological polar surface area (TPSA) is 84.2 Å². The third-order valence-electron chi connectivity index (χ3n) is 2.09. The normalized spacial score (nSPS) is 13.9. The number of hydrogen-bond acceptors (Lipinski definition) is 3. The zero-order chi connectivity index (χ0) is 11.1. The molecule has 0 rings (SSSR count). The van der Waals surface area contributed by atoms with Gasteiger partial charge in [0, 0.05) is 6.04 Å². The summed E-state index contributed by atoms with van der Waals surface area (Å²) in [4.78, 5) is 21.8. The fourth-order valence-corrected chi connectivity index (χ4v) is 0.947. The Balaban J connectivity index is 4.04.